The Hall–Kier alpha value is -1.16. The SMILES string of the molecule is C1=C[C@H]2C[C@H]1C[C@@H]2CN1CCC[C@H](c2nnc3n2CCC3)C1. The molecule has 5 rings (SSSR count). The van der Waals surface area contributed by atoms with E-state index in [1.54, 1.807) is 0 Å². The van der Waals surface area contributed by atoms with Gasteiger partial charge in [0.1, 0.15) is 11.6 Å². The highest BCUT2D eigenvalue weighted by Gasteiger charge is 2.37. The summed E-state index contributed by atoms with van der Waals surface area (Å²) in [5, 5.41) is 8.96. The molecule has 3 heterocycles. The normalized spacial score (nSPS) is 37.1. The monoisotopic (exact) mass is 298 g/mol. The van der Waals surface area contributed by atoms with Crippen molar-refractivity contribution in [3.63, 3.8) is 0 Å². The summed E-state index contributed by atoms with van der Waals surface area (Å²) in [5.74, 6) is 5.81. The van der Waals surface area contributed by atoms with Crippen LogP contribution in [0.4, 0.5) is 0 Å². The van der Waals surface area contributed by atoms with Gasteiger partial charge >= 0.3 is 0 Å². The van der Waals surface area contributed by atoms with Crippen LogP contribution in [0.25, 0.3) is 0 Å². The third kappa shape index (κ3) is 2.15. The summed E-state index contributed by atoms with van der Waals surface area (Å²) in [7, 11) is 0. The first-order valence-corrected chi connectivity index (χ1v) is 9.19. The van der Waals surface area contributed by atoms with Crippen LogP contribution in [-0.2, 0) is 13.0 Å². The lowest BCUT2D eigenvalue weighted by molar-refractivity contribution is 0.164. The van der Waals surface area contributed by atoms with Gasteiger partial charge in [-0.15, -0.1) is 10.2 Å². The summed E-state index contributed by atoms with van der Waals surface area (Å²) in [4.78, 5) is 2.73. The first kappa shape index (κ1) is 13.3. The lowest BCUT2D eigenvalue weighted by atomic mass is 9.90. The number of fused-ring (bicyclic) bond motifs is 3. The molecule has 0 spiro atoms. The Morgan fingerprint density at radius 1 is 1.09 bits per heavy atom. The minimum Gasteiger partial charge on any atom is -0.315 e. The number of aryl methyl sites for hydroxylation is 1. The minimum absolute atomic E-state index is 0.613. The molecule has 4 aliphatic rings. The highest BCUT2D eigenvalue weighted by Crippen LogP contribution is 2.44. The Morgan fingerprint density at radius 2 is 2.09 bits per heavy atom. The van der Waals surface area contributed by atoms with E-state index >= 15 is 0 Å². The molecule has 1 aromatic rings. The molecule has 1 aromatic heterocycles. The Kier molecular flexibility index (Phi) is 3.14. The highest BCUT2D eigenvalue weighted by atomic mass is 15.3. The van der Waals surface area contributed by atoms with Crippen molar-refractivity contribution in [3.8, 4) is 0 Å². The Balaban J connectivity index is 1.27. The number of hydrogen-bond donors (Lipinski definition) is 0. The van der Waals surface area contributed by atoms with Crippen molar-refractivity contribution in [1.82, 2.24) is 19.7 Å². The molecule has 2 fully saturated rings. The van der Waals surface area contributed by atoms with Crippen LogP contribution < -0.4 is 0 Å². The molecule has 0 amide bonds. The van der Waals surface area contributed by atoms with Crippen LogP contribution in [0.3, 0.4) is 0 Å². The van der Waals surface area contributed by atoms with Crippen molar-refractivity contribution in [2.24, 2.45) is 17.8 Å². The average Bonchev–Trinajstić information content (AvgIpc) is 3.28. The number of allylic oxidation sites excluding steroid dienone is 2. The maximum absolute atomic E-state index is 4.54. The predicted octanol–water partition coefficient (Wildman–Crippen LogP) is 2.62. The van der Waals surface area contributed by atoms with Crippen LogP contribution in [0.15, 0.2) is 12.2 Å². The van der Waals surface area contributed by atoms with Gasteiger partial charge in [-0.05, 0) is 56.4 Å². The molecule has 118 valence electrons. The van der Waals surface area contributed by atoms with Crippen LogP contribution in [0.5, 0.6) is 0 Å². The molecular weight excluding hydrogens is 272 g/mol. The first-order chi connectivity index (χ1) is 10.9. The van der Waals surface area contributed by atoms with Crippen LogP contribution in [0.1, 0.15) is 49.7 Å². The molecule has 2 aliphatic heterocycles. The van der Waals surface area contributed by atoms with E-state index in [4.69, 9.17) is 0 Å². The Labute approximate surface area is 132 Å². The second-order valence-corrected chi connectivity index (χ2v) is 7.87. The zero-order chi connectivity index (χ0) is 14.5. The second-order valence-electron chi connectivity index (χ2n) is 7.87. The van der Waals surface area contributed by atoms with E-state index in [-0.39, 0.29) is 0 Å². The zero-order valence-corrected chi connectivity index (χ0v) is 13.3. The largest absolute Gasteiger partial charge is 0.315 e. The Bertz CT molecular complexity index is 590. The number of nitrogens with zero attached hydrogens (tertiary/aromatic N) is 4. The maximum Gasteiger partial charge on any atom is 0.137 e. The van der Waals surface area contributed by atoms with Gasteiger partial charge in [-0.2, -0.15) is 0 Å². The van der Waals surface area contributed by atoms with Crippen LogP contribution in [0, 0.1) is 17.8 Å². The molecule has 0 aromatic carbocycles. The van der Waals surface area contributed by atoms with Gasteiger partial charge in [0, 0.05) is 32.0 Å². The fourth-order valence-electron chi connectivity index (χ4n) is 5.34. The van der Waals surface area contributed by atoms with E-state index in [9.17, 15) is 0 Å². The smallest absolute Gasteiger partial charge is 0.137 e. The van der Waals surface area contributed by atoms with Crippen molar-refractivity contribution in [2.45, 2.75) is 51.0 Å². The quantitative estimate of drug-likeness (QED) is 0.805. The molecule has 0 unspecified atom stereocenters. The van der Waals surface area contributed by atoms with E-state index in [0.29, 0.717) is 5.92 Å². The van der Waals surface area contributed by atoms with E-state index < -0.39 is 0 Å². The van der Waals surface area contributed by atoms with Gasteiger partial charge in [0.25, 0.3) is 0 Å². The molecule has 2 aliphatic carbocycles. The number of likely N-dealkylation sites (tertiary alicyclic amines) is 1. The zero-order valence-electron chi connectivity index (χ0n) is 13.3. The molecule has 2 bridgehead atoms. The predicted molar refractivity (Wildman–Crippen MR) is 85.6 cm³/mol. The summed E-state index contributed by atoms with van der Waals surface area (Å²) < 4.78 is 2.41. The average molecular weight is 298 g/mol. The number of aromatic nitrogens is 3. The van der Waals surface area contributed by atoms with Gasteiger partial charge in [-0.3, -0.25) is 0 Å². The number of piperidine rings is 1. The lowest BCUT2D eigenvalue weighted by Crippen LogP contribution is -2.39. The molecule has 4 heteroatoms. The van der Waals surface area contributed by atoms with E-state index in [2.05, 4.69) is 31.8 Å². The van der Waals surface area contributed by atoms with Crippen molar-refractivity contribution in [2.75, 3.05) is 19.6 Å². The molecule has 1 saturated heterocycles. The third-order valence-electron chi connectivity index (χ3n) is 6.42. The van der Waals surface area contributed by atoms with E-state index in [0.717, 1.165) is 30.7 Å². The molecule has 1 saturated carbocycles. The van der Waals surface area contributed by atoms with Gasteiger partial charge in [0.05, 0.1) is 0 Å². The molecule has 22 heavy (non-hydrogen) atoms. The van der Waals surface area contributed by atoms with Crippen LogP contribution in [0.2, 0.25) is 0 Å². The topological polar surface area (TPSA) is 34.0 Å². The highest BCUT2D eigenvalue weighted by molar-refractivity contribution is 5.11. The van der Waals surface area contributed by atoms with Gasteiger partial charge in [0.15, 0.2) is 0 Å². The van der Waals surface area contributed by atoms with Gasteiger partial charge < -0.3 is 9.47 Å². The fraction of sp³-hybridized carbons (Fsp3) is 0.778. The maximum atomic E-state index is 4.54. The fourth-order valence-corrected chi connectivity index (χ4v) is 5.34. The number of hydrogen-bond acceptors (Lipinski definition) is 3. The molecule has 0 N–H and O–H groups in total. The van der Waals surface area contributed by atoms with Crippen molar-refractivity contribution < 1.29 is 0 Å². The lowest BCUT2D eigenvalue weighted by Gasteiger charge is -2.35. The first-order valence-electron chi connectivity index (χ1n) is 9.19. The van der Waals surface area contributed by atoms with Crippen LogP contribution >= 0.6 is 0 Å². The van der Waals surface area contributed by atoms with Crippen molar-refractivity contribution >= 4 is 0 Å². The van der Waals surface area contributed by atoms with E-state index in [1.807, 2.05) is 0 Å². The Morgan fingerprint density at radius 3 is 2.95 bits per heavy atom. The van der Waals surface area contributed by atoms with Crippen molar-refractivity contribution in [3.05, 3.63) is 23.8 Å². The standard InChI is InChI=1S/C18H26N4/c1-3-15(18-20-19-17-4-2-8-22(17)18)11-21(7-1)12-16-10-13-5-6-14(16)9-13/h5-6,13-16H,1-4,7-12H2/t13-,14-,15-,16+/m0/s1. The van der Waals surface area contributed by atoms with Crippen LogP contribution in [-0.4, -0.2) is 39.3 Å². The summed E-state index contributed by atoms with van der Waals surface area (Å²) in [6.07, 6.45) is 12.8. The van der Waals surface area contributed by atoms with Crippen molar-refractivity contribution in [1.29, 1.82) is 0 Å². The summed E-state index contributed by atoms with van der Waals surface area (Å²) in [6, 6.07) is 0. The minimum atomic E-state index is 0.613. The summed E-state index contributed by atoms with van der Waals surface area (Å²) in [5.41, 5.74) is 0. The van der Waals surface area contributed by atoms with Gasteiger partial charge in [0.2, 0.25) is 0 Å². The summed E-state index contributed by atoms with van der Waals surface area (Å²) in [6.45, 7) is 4.94. The number of rotatable bonds is 3. The van der Waals surface area contributed by atoms with Gasteiger partial charge in [-0.1, -0.05) is 12.2 Å². The molecule has 4 nitrogen and oxygen atoms in total. The van der Waals surface area contributed by atoms with E-state index in [1.165, 1.54) is 63.4 Å². The second kappa shape index (κ2) is 5.19. The van der Waals surface area contributed by atoms with Gasteiger partial charge in [-0.25, -0.2) is 0 Å². The third-order valence-corrected chi connectivity index (χ3v) is 6.42. The summed E-state index contributed by atoms with van der Waals surface area (Å²) >= 11 is 0. The molecular formula is C18H26N4. The molecule has 0 radical (unpaired) electrons. The molecule has 4 atom stereocenters.